The van der Waals surface area contributed by atoms with Gasteiger partial charge in [0.1, 0.15) is 5.75 Å². The summed E-state index contributed by atoms with van der Waals surface area (Å²) in [6, 6.07) is 4.85. The molecule has 2 heteroatoms. The molecule has 0 bridgehead atoms. The van der Waals surface area contributed by atoms with Crippen LogP contribution in [-0.2, 0) is 0 Å². The lowest BCUT2D eigenvalue weighted by molar-refractivity contribution is 0.245. The van der Waals surface area contributed by atoms with Crippen LogP contribution in [-0.4, -0.2) is 14.2 Å². The Kier molecular flexibility index (Phi) is 4.80. The Morgan fingerprint density at radius 1 is 1.22 bits per heavy atom. The number of nitrogens with one attached hydrogen (secondary N) is 1. The van der Waals surface area contributed by atoms with E-state index in [4.69, 9.17) is 4.74 Å². The Bertz CT molecular complexity index is 387. The van der Waals surface area contributed by atoms with Crippen LogP contribution in [0.4, 0.5) is 0 Å². The first-order chi connectivity index (χ1) is 8.37. The van der Waals surface area contributed by atoms with Crippen molar-refractivity contribution in [1.82, 2.24) is 5.32 Å². The summed E-state index contributed by atoms with van der Waals surface area (Å²) in [6.07, 6.45) is 1.14. The van der Waals surface area contributed by atoms with Crippen LogP contribution in [0, 0.1) is 19.3 Å². The molecule has 0 aliphatic rings. The normalized spacial score (nSPS) is 13.5. The highest BCUT2D eigenvalue weighted by Gasteiger charge is 2.28. The van der Waals surface area contributed by atoms with Gasteiger partial charge in [-0.2, -0.15) is 0 Å². The van der Waals surface area contributed by atoms with Gasteiger partial charge in [0.25, 0.3) is 0 Å². The van der Waals surface area contributed by atoms with Crippen molar-refractivity contribution in [2.75, 3.05) is 14.2 Å². The minimum absolute atomic E-state index is 0.238. The highest BCUT2D eigenvalue weighted by molar-refractivity contribution is 5.44. The molecule has 1 N–H and O–H groups in total. The SMILES string of the molecule is CCC(C)(C)C(NC)c1cc(C)c(OC)c(C)c1. The van der Waals surface area contributed by atoms with Gasteiger partial charge >= 0.3 is 0 Å². The van der Waals surface area contributed by atoms with Gasteiger partial charge in [-0.3, -0.25) is 0 Å². The Labute approximate surface area is 112 Å². The molecule has 0 aromatic heterocycles. The van der Waals surface area contributed by atoms with E-state index in [9.17, 15) is 0 Å². The third-order valence-corrected chi connectivity index (χ3v) is 4.00. The Morgan fingerprint density at radius 3 is 2.06 bits per heavy atom. The van der Waals surface area contributed by atoms with Gasteiger partial charge in [0, 0.05) is 6.04 Å². The monoisotopic (exact) mass is 249 g/mol. The van der Waals surface area contributed by atoms with E-state index in [2.05, 4.69) is 52.1 Å². The van der Waals surface area contributed by atoms with E-state index >= 15 is 0 Å². The lowest BCUT2D eigenvalue weighted by Crippen LogP contribution is -2.31. The van der Waals surface area contributed by atoms with Gasteiger partial charge < -0.3 is 10.1 Å². The van der Waals surface area contributed by atoms with Crippen molar-refractivity contribution in [2.45, 2.75) is 47.1 Å². The van der Waals surface area contributed by atoms with Crippen LogP contribution in [0.25, 0.3) is 0 Å². The largest absolute Gasteiger partial charge is 0.496 e. The molecule has 0 saturated carbocycles. The van der Waals surface area contributed by atoms with Gasteiger partial charge in [-0.05, 0) is 49.4 Å². The van der Waals surface area contributed by atoms with Crippen molar-refractivity contribution in [1.29, 1.82) is 0 Å². The van der Waals surface area contributed by atoms with Crippen LogP contribution in [0.2, 0.25) is 0 Å². The Balaban J connectivity index is 3.24. The minimum atomic E-state index is 0.238. The predicted octanol–water partition coefficient (Wildman–Crippen LogP) is 4.01. The van der Waals surface area contributed by atoms with E-state index in [0.29, 0.717) is 6.04 Å². The van der Waals surface area contributed by atoms with Crippen molar-refractivity contribution in [3.05, 3.63) is 28.8 Å². The fourth-order valence-corrected chi connectivity index (χ4v) is 2.69. The van der Waals surface area contributed by atoms with Gasteiger partial charge in [-0.1, -0.05) is 32.9 Å². The maximum Gasteiger partial charge on any atom is 0.124 e. The third-order valence-electron chi connectivity index (χ3n) is 4.00. The summed E-state index contributed by atoms with van der Waals surface area (Å²) in [5, 5.41) is 3.46. The summed E-state index contributed by atoms with van der Waals surface area (Å²) in [4.78, 5) is 0. The standard InChI is InChI=1S/C16H27NO/c1-8-16(4,5)15(17-6)13-9-11(2)14(18-7)12(3)10-13/h9-10,15,17H,8H2,1-7H3. The highest BCUT2D eigenvalue weighted by atomic mass is 16.5. The number of hydrogen-bond acceptors (Lipinski definition) is 2. The van der Waals surface area contributed by atoms with Crippen LogP contribution in [0.3, 0.4) is 0 Å². The molecule has 0 radical (unpaired) electrons. The molecular weight excluding hydrogens is 222 g/mol. The highest BCUT2D eigenvalue weighted by Crippen LogP contribution is 2.38. The zero-order chi connectivity index (χ0) is 13.9. The zero-order valence-corrected chi connectivity index (χ0v) is 12.8. The van der Waals surface area contributed by atoms with Crippen molar-refractivity contribution in [3.8, 4) is 5.75 Å². The molecule has 0 saturated heterocycles. The third kappa shape index (κ3) is 2.86. The van der Waals surface area contributed by atoms with E-state index in [-0.39, 0.29) is 5.41 Å². The fraction of sp³-hybridized carbons (Fsp3) is 0.625. The van der Waals surface area contributed by atoms with E-state index in [1.165, 1.54) is 16.7 Å². The van der Waals surface area contributed by atoms with Gasteiger partial charge in [-0.15, -0.1) is 0 Å². The first-order valence-corrected chi connectivity index (χ1v) is 6.69. The molecule has 18 heavy (non-hydrogen) atoms. The summed E-state index contributed by atoms with van der Waals surface area (Å²) in [5.74, 6) is 1.00. The van der Waals surface area contributed by atoms with Crippen LogP contribution >= 0.6 is 0 Å². The van der Waals surface area contributed by atoms with Crippen molar-refractivity contribution in [3.63, 3.8) is 0 Å². The summed E-state index contributed by atoms with van der Waals surface area (Å²) in [7, 11) is 3.78. The molecule has 0 fully saturated rings. The smallest absolute Gasteiger partial charge is 0.124 e. The topological polar surface area (TPSA) is 21.3 Å². The van der Waals surface area contributed by atoms with Gasteiger partial charge in [0.15, 0.2) is 0 Å². The number of hydrogen-bond donors (Lipinski definition) is 1. The molecule has 1 unspecified atom stereocenters. The number of methoxy groups -OCH3 is 1. The van der Waals surface area contributed by atoms with Crippen LogP contribution in [0.15, 0.2) is 12.1 Å². The predicted molar refractivity (Wildman–Crippen MR) is 78.3 cm³/mol. The maximum atomic E-state index is 5.44. The first-order valence-electron chi connectivity index (χ1n) is 6.69. The zero-order valence-electron chi connectivity index (χ0n) is 12.8. The molecule has 0 spiro atoms. The fourth-order valence-electron chi connectivity index (χ4n) is 2.69. The maximum absolute atomic E-state index is 5.44. The molecular formula is C16H27NO. The molecule has 0 aliphatic carbocycles. The number of ether oxygens (including phenoxy) is 1. The second-order valence-corrected chi connectivity index (χ2v) is 5.75. The van der Waals surface area contributed by atoms with Gasteiger partial charge in [0.05, 0.1) is 7.11 Å². The number of aryl methyl sites for hydroxylation is 2. The average molecular weight is 249 g/mol. The summed E-state index contributed by atoms with van der Waals surface area (Å²) >= 11 is 0. The minimum Gasteiger partial charge on any atom is -0.496 e. The molecule has 2 nitrogen and oxygen atoms in total. The number of benzene rings is 1. The lowest BCUT2D eigenvalue weighted by atomic mass is 9.78. The molecule has 0 aliphatic heterocycles. The van der Waals surface area contributed by atoms with Crippen LogP contribution in [0.5, 0.6) is 5.75 Å². The van der Waals surface area contributed by atoms with Gasteiger partial charge in [-0.25, -0.2) is 0 Å². The Morgan fingerprint density at radius 2 is 1.72 bits per heavy atom. The average Bonchev–Trinajstić information content (AvgIpc) is 2.29. The van der Waals surface area contributed by atoms with E-state index in [1.54, 1.807) is 7.11 Å². The number of rotatable bonds is 5. The second kappa shape index (κ2) is 5.75. The van der Waals surface area contributed by atoms with E-state index in [0.717, 1.165) is 12.2 Å². The van der Waals surface area contributed by atoms with E-state index in [1.807, 2.05) is 7.05 Å². The molecule has 1 aromatic carbocycles. The molecule has 0 heterocycles. The van der Waals surface area contributed by atoms with Gasteiger partial charge in [0.2, 0.25) is 0 Å². The summed E-state index contributed by atoms with van der Waals surface area (Å²) in [6.45, 7) is 11.1. The molecule has 102 valence electrons. The van der Waals surface area contributed by atoms with Crippen molar-refractivity contribution >= 4 is 0 Å². The quantitative estimate of drug-likeness (QED) is 0.851. The molecule has 1 rings (SSSR count). The first kappa shape index (κ1) is 15.0. The second-order valence-electron chi connectivity index (χ2n) is 5.75. The van der Waals surface area contributed by atoms with Crippen molar-refractivity contribution < 1.29 is 4.74 Å². The summed E-state index contributed by atoms with van der Waals surface area (Å²) < 4.78 is 5.44. The van der Waals surface area contributed by atoms with Crippen molar-refractivity contribution in [2.24, 2.45) is 5.41 Å². The molecule has 1 atom stereocenters. The van der Waals surface area contributed by atoms with E-state index < -0.39 is 0 Å². The molecule has 0 amide bonds. The van der Waals surface area contributed by atoms with Crippen LogP contribution in [0.1, 0.15) is 49.9 Å². The summed E-state index contributed by atoms with van der Waals surface area (Å²) in [5.41, 5.74) is 4.00. The molecule has 1 aromatic rings. The lowest BCUT2D eigenvalue weighted by Gasteiger charge is -2.34. The Hall–Kier alpha value is -1.02. The van der Waals surface area contributed by atoms with Crippen LogP contribution < -0.4 is 10.1 Å².